The molecular weight excluding hydrogens is 257 g/mol. The molecule has 1 aliphatic heterocycles. The van der Waals surface area contributed by atoms with Crippen LogP contribution >= 0.6 is 24.8 Å². The summed E-state index contributed by atoms with van der Waals surface area (Å²) in [5.41, 5.74) is 3.05. The lowest BCUT2D eigenvalue weighted by Crippen LogP contribution is -2.39. The van der Waals surface area contributed by atoms with E-state index in [9.17, 15) is 0 Å². The molecule has 1 aromatic rings. The lowest BCUT2D eigenvalue weighted by atomic mass is 9.74. The predicted octanol–water partition coefficient (Wildman–Crippen LogP) is 2.79. The molecule has 2 atom stereocenters. The van der Waals surface area contributed by atoms with E-state index in [0.717, 1.165) is 24.1 Å². The second kappa shape index (κ2) is 5.94. The first-order chi connectivity index (χ1) is 7.36. The van der Waals surface area contributed by atoms with Gasteiger partial charge in [-0.25, -0.2) is 0 Å². The third kappa shape index (κ3) is 2.70. The molecule has 2 nitrogen and oxygen atoms in total. The smallest absolute Gasteiger partial charge is 0.119 e. The van der Waals surface area contributed by atoms with Crippen molar-refractivity contribution in [2.75, 3.05) is 20.2 Å². The summed E-state index contributed by atoms with van der Waals surface area (Å²) in [6.07, 6.45) is 2.59. The minimum absolute atomic E-state index is 0. The normalized spacial score (nSPS) is 25.0. The van der Waals surface area contributed by atoms with Gasteiger partial charge in [0.15, 0.2) is 0 Å². The maximum atomic E-state index is 5.29. The Morgan fingerprint density at radius 2 is 2.06 bits per heavy atom. The van der Waals surface area contributed by atoms with Crippen LogP contribution in [-0.4, -0.2) is 20.2 Å². The first-order valence-electron chi connectivity index (χ1n) is 5.74. The highest BCUT2D eigenvalue weighted by Crippen LogP contribution is 2.37. The van der Waals surface area contributed by atoms with Crippen LogP contribution in [0.15, 0.2) is 18.2 Å². The first-order valence-corrected chi connectivity index (χ1v) is 5.74. The third-order valence-corrected chi connectivity index (χ3v) is 3.74. The van der Waals surface area contributed by atoms with Crippen molar-refractivity contribution in [3.8, 4) is 5.75 Å². The Balaban J connectivity index is 0.000000722. The molecular formula is C13H19Cl2NO. The molecule has 3 rings (SSSR count). The molecule has 1 aliphatic carbocycles. The molecule has 2 unspecified atom stereocenters. The van der Waals surface area contributed by atoms with Crippen molar-refractivity contribution in [3.63, 3.8) is 0 Å². The van der Waals surface area contributed by atoms with Gasteiger partial charge in [-0.3, -0.25) is 0 Å². The molecule has 1 N–H and O–H groups in total. The van der Waals surface area contributed by atoms with Crippen LogP contribution in [0, 0.1) is 5.92 Å². The fourth-order valence-corrected chi connectivity index (χ4v) is 3.02. The lowest BCUT2D eigenvalue weighted by molar-refractivity contribution is 0.317. The summed E-state index contributed by atoms with van der Waals surface area (Å²) in [6, 6.07) is 6.57. The minimum atomic E-state index is 0. The van der Waals surface area contributed by atoms with Crippen molar-refractivity contribution >= 4 is 24.8 Å². The van der Waals surface area contributed by atoms with E-state index < -0.39 is 0 Å². The zero-order valence-electron chi connectivity index (χ0n) is 9.94. The van der Waals surface area contributed by atoms with Crippen LogP contribution in [0.25, 0.3) is 0 Å². The van der Waals surface area contributed by atoms with Gasteiger partial charge in [0.05, 0.1) is 7.11 Å². The number of methoxy groups -OCH3 is 1. The van der Waals surface area contributed by atoms with Crippen molar-refractivity contribution in [1.82, 2.24) is 5.32 Å². The summed E-state index contributed by atoms with van der Waals surface area (Å²) in [7, 11) is 1.74. The number of piperidine rings is 1. The van der Waals surface area contributed by atoms with Crippen LogP contribution < -0.4 is 10.1 Å². The number of nitrogens with one attached hydrogen (secondary N) is 1. The quantitative estimate of drug-likeness (QED) is 0.851. The van der Waals surface area contributed by atoms with Gasteiger partial charge in [-0.05, 0) is 54.5 Å². The van der Waals surface area contributed by atoms with E-state index in [0.29, 0.717) is 0 Å². The standard InChI is InChI=1S/C13H17NO.2ClH/c1-15-12-2-3-13-10(6-12)4-9-5-11(13)8-14-7-9;;/h2-3,6,9,11,14H,4-5,7-8H2,1H3;2*1H. The minimum Gasteiger partial charge on any atom is -0.497 e. The van der Waals surface area contributed by atoms with Crippen LogP contribution in [-0.2, 0) is 6.42 Å². The van der Waals surface area contributed by atoms with E-state index in [-0.39, 0.29) is 24.8 Å². The van der Waals surface area contributed by atoms with E-state index >= 15 is 0 Å². The first kappa shape index (κ1) is 14.6. The number of hydrogen-bond donors (Lipinski definition) is 1. The average Bonchev–Trinajstić information content (AvgIpc) is 2.28. The molecule has 0 aromatic heterocycles. The molecule has 1 aromatic carbocycles. The van der Waals surface area contributed by atoms with Gasteiger partial charge in [-0.15, -0.1) is 24.8 Å². The summed E-state index contributed by atoms with van der Waals surface area (Å²) < 4.78 is 5.29. The second-order valence-electron chi connectivity index (χ2n) is 4.73. The van der Waals surface area contributed by atoms with Crippen LogP contribution in [0.3, 0.4) is 0 Å². The Hall–Kier alpha value is -0.440. The van der Waals surface area contributed by atoms with Crippen LogP contribution in [0.1, 0.15) is 23.5 Å². The lowest BCUT2D eigenvalue weighted by Gasteiger charge is -2.36. The largest absolute Gasteiger partial charge is 0.497 e. The summed E-state index contributed by atoms with van der Waals surface area (Å²) in [4.78, 5) is 0. The summed E-state index contributed by atoms with van der Waals surface area (Å²) in [5.74, 6) is 2.57. The maximum absolute atomic E-state index is 5.29. The summed E-state index contributed by atoms with van der Waals surface area (Å²) in [6.45, 7) is 2.34. The molecule has 0 radical (unpaired) electrons. The average molecular weight is 276 g/mol. The van der Waals surface area contributed by atoms with Gasteiger partial charge in [0.1, 0.15) is 5.75 Å². The van der Waals surface area contributed by atoms with Crippen molar-refractivity contribution in [2.24, 2.45) is 5.92 Å². The van der Waals surface area contributed by atoms with Gasteiger partial charge < -0.3 is 10.1 Å². The number of benzene rings is 1. The maximum Gasteiger partial charge on any atom is 0.119 e. The Labute approximate surface area is 115 Å². The summed E-state index contributed by atoms with van der Waals surface area (Å²) >= 11 is 0. The van der Waals surface area contributed by atoms with Crippen LogP contribution in [0.4, 0.5) is 0 Å². The van der Waals surface area contributed by atoms with E-state index in [1.807, 2.05) is 0 Å². The number of halogens is 2. The number of ether oxygens (including phenoxy) is 1. The van der Waals surface area contributed by atoms with Gasteiger partial charge >= 0.3 is 0 Å². The predicted molar refractivity (Wildman–Crippen MR) is 74.9 cm³/mol. The van der Waals surface area contributed by atoms with Crippen molar-refractivity contribution < 1.29 is 4.74 Å². The second-order valence-corrected chi connectivity index (χ2v) is 4.73. The molecule has 0 amide bonds. The Morgan fingerprint density at radius 3 is 2.82 bits per heavy atom. The van der Waals surface area contributed by atoms with Gasteiger partial charge in [0, 0.05) is 6.54 Å². The highest BCUT2D eigenvalue weighted by Gasteiger charge is 2.30. The molecule has 2 bridgehead atoms. The Kier molecular flexibility index (Phi) is 5.11. The van der Waals surface area contributed by atoms with Gasteiger partial charge in [0.25, 0.3) is 0 Å². The summed E-state index contributed by atoms with van der Waals surface area (Å²) in [5, 5.41) is 3.53. The van der Waals surface area contributed by atoms with E-state index in [1.165, 1.54) is 24.9 Å². The topological polar surface area (TPSA) is 21.3 Å². The molecule has 96 valence electrons. The Morgan fingerprint density at radius 1 is 1.24 bits per heavy atom. The molecule has 4 heteroatoms. The van der Waals surface area contributed by atoms with E-state index in [4.69, 9.17) is 4.74 Å². The van der Waals surface area contributed by atoms with Crippen molar-refractivity contribution in [2.45, 2.75) is 18.8 Å². The molecule has 17 heavy (non-hydrogen) atoms. The Bertz CT molecular complexity index is 384. The highest BCUT2D eigenvalue weighted by molar-refractivity contribution is 5.85. The monoisotopic (exact) mass is 275 g/mol. The molecule has 0 saturated carbocycles. The zero-order valence-corrected chi connectivity index (χ0v) is 11.6. The molecule has 1 heterocycles. The fourth-order valence-electron chi connectivity index (χ4n) is 3.02. The molecule has 1 saturated heterocycles. The van der Waals surface area contributed by atoms with Crippen molar-refractivity contribution in [1.29, 1.82) is 0 Å². The SMILES string of the molecule is COc1ccc2c(c1)CC1CNCC2C1.Cl.Cl. The van der Waals surface area contributed by atoms with Crippen LogP contribution in [0.2, 0.25) is 0 Å². The van der Waals surface area contributed by atoms with E-state index in [1.54, 1.807) is 12.7 Å². The highest BCUT2D eigenvalue weighted by atomic mass is 35.5. The van der Waals surface area contributed by atoms with Crippen LogP contribution in [0.5, 0.6) is 5.75 Å². The third-order valence-electron chi connectivity index (χ3n) is 3.74. The number of rotatable bonds is 1. The molecule has 2 aliphatic rings. The van der Waals surface area contributed by atoms with Gasteiger partial charge in [-0.1, -0.05) is 6.07 Å². The zero-order chi connectivity index (χ0) is 10.3. The fraction of sp³-hybridized carbons (Fsp3) is 0.538. The number of hydrogen-bond acceptors (Lipinski definition) is 2. The molecule has 1 fully saturated rings. The van der Waals surface area contributed by atoms with Gasteiger partial charge in [-0.2, -0.15) is 0 Å². The number of fused-ring (bicyclic) bond motifs is 4. The van der Waals surface area contributed by atoms with E-state index in [2.05, 4.69) is 23.5 Å². The van der Waals surface area contributed by atoms with Gasteiger partial charge in [0.2, 0.25) is 0 Å². The van der Waals surface area contributed by atoms with Crippen molar-refractivity contribution in [3.05, 3.63) is 29.3 Å². The molecule has 0 spiro atoms.